The molecule has 0 aliphatic rings. The van der Waals surface area contributed by atoms with Crippen LogP contribution < -0.4 is 5.43 Å². The van der Waals surface area contributed by atoms with Crippen molar-refractivity contribution in [1.82, 2.24) is 4.57 Å². The Kier molecular flexibility index (Phi) is 2.60. The molecule has 0 radical (unpaired) electrons. The normalized spacial score (nSPS) is 10.6. The fourth-order valence-corrected chi connectivity index (χ4v) is 1.89. The van der Waals surface area contributed by atoms with Crippen LogP contribution in [0.3, 0.4) is 0 Å². The number of rotatable bonds is 2. The molecule has 0 bridgehead atoms. The third-order valence-corrected chi connectivity index (χ3v) is 2.61. The van der Waals surface area contributed by atoms with Crippen molar-refractivity contribution in [2.45, 2.75) is 20.4 Å². The number of aromatic nitrogens is 1. The van der Waals surface area contributed by atoms with Gasteiger partial charge in [0.05, 0.1) is 12.1 Å². The van der Waals surface area contributed by atoms with Crippen molar-refractivity contribution in [1.29, 1.82) is 0 Å². The van der Waals surface area contributed by atoms with Crippen molar-refractivity contribution in [2.75, 3.05) is 0 Å². The number of fused-ring (bicyclic) bond motifs is 1. The smallest absolute Gasteiger partial charge is 0.189 e. The molecular weight excluding hydrogens is 202 g/mol. The summed E-state index contributed by atoms with van der Waals surface area (Å²) in [5.41, 5.74) is 1.65. The summed E-state index contributed by atoms with van der Waals surface area (Å²) in [4.78, 5) is 22.9. The van der Waals surface area contributed by atoms with Crippen LogP contribution in [0.25, 0.3) is 10.9 Å². The first-order chi connectivity index (χ1) is 7.59. The number of nitrogens with zero attached hydrogens (tertiary/aromatic N) is 1. The van der Waals surface area contributed by atoms with Crippen LogP contribution >= 0.6 is 0 Å². The van der Waals surface area contributed by atoms with Crippen molar-refractivity contribution in [2.24, 2.45) is 0 Å². The number of Topliss-reactive ketones (excluding diaryl/α,β-unsaturated/α-hetero) is 1. The largest absolute Gasteiger partial charge is 0.337 e. The lowest BCUT2D eigenvalue weighted by molar-refractivity contribution is -0.117. The Morgan fingerprint density at radius 2 is 2.00 bits per heavy atom. The lowest BCUT2D eigenvalue weighted by Crippen LogP contribution is -2.15. The van der Waals surface area contributed by atoms with E-state index in [1.54, 1.807) is 19.1 Å². The SMILES string of the molecule is CC(=O)Cn1c(C)cc(=O)c2ccccc21. The first-order valence-electron chi connectivity index (χ1n) is 5.18. The number of aryl methyl sites for hydroxylation is 1. The molecule has 82 valence electrons. The maximum Gasteiger partial charge on any atom is 0.189 e. The Morgan fingerprint density at radius 1 is 1.31 bits per heavy atom. The molecule has 16 heavy (non-hydrogen) atoms. The third kappa shape index (κ3) is 1.76. The number of pyridine rings is 1. The highest BCUT2D eigenvalue weighted by Gasteiger charge is 2.06. The summed E-state index contributed by atoms with van der Waals surface area (Å²) in [5.74, 6) is 0.0805. The molecule has 0 saturated carbocycles. The topological polar surface area (TPSA) is 39.1 Å². The van der Waals surface area contributed by atoms with Crippen LogP contribution in [-0.2, 0) is 11.3 Å². The van der Waals surface area contributed by atoms with E-state index >= 15 is 0 Å². The van der Waals surface area contributed by atoms with E-state index in [4.69, 9.17) is 0 Å². The number of para-hydroxylation sites is 1. The molecule has 1 aromatic heterocycles. The van der Waals surface area contributed by atoms with Crippen LogP contribution in [0.5, 0.6) is 0 Å². The van der Waals surface area contributed by atoms with E-state index in [2.05, 4.69) is 0 Å². The van der Waals surface area contributed by atoms with Gasteiger partial charge in [-0.25, -0.2) is 0 Å². The molecule has 1 aromatic carbocycles. The molecule has 0 spiro atoms. The zero-order valence-electron chi connectivity index (χ0n) is 9.36. The van der Waals surface area contributed by atoms with Gasteiger partial charge < -0.3 is 4.57 Å². The maximum absolute atomic E-state index is 11.7. The van der Waals surface area contributed by atoms with Gasteiger partial charge in [0.15, 0.2) is 5.43 Å². The van der Waals surface area contributed by atoms with Gasteiger partial charge >= 0.3 is 0 Å². The Labute approximate surface area is 93.3 Å². The van der Waals surface area contributed by atoms with E-state index in [0.717, 1.165) is 11.2 Å². The number of hydrogen-bond donors (Lipinski definition) is 0. The first-order valence-corrected chi connectivity index (χ1v) is 5.18. The van der Waals surface area contributed by atoms with Gasteiger partial charge in [-0.1, -0.05) is 12.1 Å². The number of carbonyl (C=O) groups excluding carboxylic acids is 1. The van der Waals surface area contributed by atoms with Gasteiger partial charge in [0.2, 0.25) is 0 Å². The second-order valence-corrected chi connectivity index (χ2v) is 3.96. The lowest BCUT2D eigenvalue weighted by atomic mass is 10.1. The van der Waals surface area contributed by atoms with E-state index < -0.39 is 0 Å². The summed E-state index contributed by atoms with van der Waals surface area (Å²) in [6, 6.07) is 8.93. The van der Waals surface area contributed by atoms with Crippen LogP contribution in [0.4, 0.5) is 0 Å². The summed E-state index contributed by atoms with van der Waals surface area (Å²) in [5, 5.41) is 0.661. The minimum atomic E-state index is 0.00732. The second-order valence-electron chi connectivity index (χ2n) is 3.96. The summed E-state index contributed by atoms with van der Waals surface area (Å²) in [7, 11) is 0. The Morgan fingerprint density at radius 3 is 2.69 bits per heavy atom. The van der Waals surface area contributed by atoms with Crippen molar-refractivity contribution in [3.05, 3.63) is 46.2 Å². The van der Waals surface area contributed by atoms with Crippen molar-refractivity contribution in [3.8, 4) is 0 Å². The van der Waals surface area contributed by atoms with Crippen molar-refractivity contribution in [3.63, 3.8) is 0 Å². The molecule has 0 unspecified atom stereocenters. The monoisotopic (exact) mass is 215 g/mol. The van der Waals surface area contributed by atoms with Gasteiger partial charge in [0.25, 0.3) is 0 Å². The van der Waals surface area contributed by atoms with Gasteiger partial charge in [0, 0.05) is 17.1 Å². The summed E-state index contributed by atoms with van der Waals surface area (Å²) >= 11 is 0. The molecule has 0 fully saturated rings. The third-order valence-electron chi connectivity index (χ3n) is 2.61. The fourth-order valence-electron chi connectivity index (χ4n) is 1.89. The molecule has 0 aliphatic heterocycles. The molecule has 0 aliphatic carbocycles. The molecular formula is C13H13NO2. The minimum absolute atomic E-state index is 0.00732. The predicted molar refractivity (Wildman–Crippen MR) is 63.6 cm³/mol. The van der Waals surface area contributed by atoms with E-state index in [0.29, 0.717) is 11.9 Å². The molecule has 2 rings (SSSR count). The van der Waals surface area contributed by atoms with Gasteiger partial charge in [-0.2, -0.15) is 0 Å². The highest BCUT2D eigenvalue weighted by Crippen LogP contribution is 2.12. The highest BCUT2D eigenvalue weighted by molar-refractivity contribution is 5.82. The van der Waals surface area contributed by atoms with Gasteiger partial charge in [-0.3, -0.25) is 9.59 Å². The average Bonchev–Trinajstić information content (AvgIpc) is 2.24. The number of benzene rings is 1. The molecule has 0 amide bonds. The van der Waals surface area contributed by atoms with Gasteiger partial charge in [0.1, 0.15) is 5.78 Å². The fraction of sp³-hybridized carbons (Fsp3) is 0.231. The summed E-state index contributed by atoms with van der Waals surface area (Å²) in [6.07, 6.45) is 0. The van der Waals surface area contributed by atoms with Crippen LogP contribution in [0.2, 0.25) is 0 Å². The van der Waals surface area contributed by atoms with E-state index in [-0.39, 0.29) is 11.2 Å². The quantitative estimate of drug-likeness (QED) is 0.767. The van der Waals surface area contributed by atoms with Crippen LogP contribution in [-0.4, -0.2) is 10.4 Å². The second kappa shape index (κ2) is 3.93. The maximum atomic E-state index is 11.7. The molecule has 1 heterocycles. The molecule has 3 nitrogen and oxygen atoms in total. The van der Waals surface area contributed by atoms with E-state index in [1.165, 1.54) is 0 Å². The Bertz CT molecular complexity index is 611. The summed E-state index contributed by atoms with van der Waals surface area (Å²) < 4.78 is 1.87. The lowest BCUT2D eigenvalue weighted by Gasteiger charge is -2.12. The van der Waals surface area contributed by atoms with Crippen LogP contribution in [0.15, 0.2) is 35.1 Å². The Balaban J connectivity index is 2.81. The van der Waals surface area contributed by atoms with E-state index in [1.807, 2.05) is 29.7 Å². The number of ketones is 1. The number of carbonyl (C=O) groups is 1. The van der Waals surface area contributed by atoms with Crippen LogP contribution in [0, 0.1) is 6.92 Å². The standard InChI is InChI=1S/C13H13NO2/c1-9-7-13(16)11-5-3-4-6-12(11)14(9)8-10(2)15/h3-7H,8H2,1-2H3. The van der Waals surface area contributed by atoms with Crippen molar-refractivity contribution < 1.29 is 4.79 Å². The van der Waals surface area contributed by atoms with Gasteiger partial charge in [-0.05, 0) is 26.0 Å². The molecule has 0 atom stereocenters. The van der Waals surface area contributed by atoms with E-state index in [9.17, 15) is 9.59 Å². The molecule has 0 saturated heterocycles. The van der Waals surface area contributed by atoms with Gasteiger partial charge in [-0.15, -0.1) is 0 Å². The first kappa shape index (κ1) is 10.6. The average molecular weight is 215 g/mol. The molecule has 0 N–H and O–H groups in total. The highest BCUT2D eigenvalue weighted by atomic mass is 16.1. The minimum Gasteiger partial charge on any atom is -0.337 e. The van der Waals surface area contributed by atoms with Crippen LogP contribution in [0.1, 0.15) is 12.6 Å². The Hall–Kier alpha value is -1.90. The zero-order valence-corrected chi connectivity index (χ0v) is 9.36. The summed E-state index contributed by atoms with van der Waals surface area (Å²) in [6.45, 7) is 3.70. The number of hydrogen-bond acceptors (Lipinski definition) is 2. The predicted octanol–water partition coefficient (Wildman–Crippen LogP) is 1.90. The molecule has 2 aromatic rings. The zero-order chi connectivity index (χ0) is 11.7. The van der Waals surface area contributed by atoms with Crippen molar-refractivity contribution >= 4 is 16.7 Å². The molecule has 3 heteroatoms.